The molecular formula is C13H10ClN3O4S. The van der Waals surface area contributed by atoms with Gasteiger partial charge >= 0.3 is 5.97 Å². The summed E-state index contributed by atoms with van der Waals surface area (Å²) in [6.07, 6.45) is 1.05. The van der Waals surface area contributed by atoms with E-state index < -0.39 is 17.8 Å². The predicted octanol–water partition coefficient (Wildman–Crippen LogP) is 1.26. The van der Waals surface area contributed by atoms with Gasteiger partial charge in [0.15, 0.2) is 5.17 Å². The Hall–Kier alpha value is -2.32. The molecule has 2 rings (SSSR count). The molecule has 22 heavy (non-hydrogen) atoms. The Balaban J connectivity index is 2.01. The van der Waals surface area contributed by atoms with Crippen LogP contribution in [0.15, 0.2) is 40.3 Å². The lowest BCUT2D eigenvalue weighted by atomic mass is 10.2. The van der Waals surface area contributed by atoms with Crippen molar-refractivity contribution in [2.75, 3.05) is 7.11 Å². The first-order chi connectivity index (χ1) is 10.5. The van der Waals surface area contributed by atoms with Crippen LogP contribution in [0.25, 0.3) is 0 Å². The molecule has 0 unspecified atom stereocenters. The molecule has 9 heteroatoms. The van der Waals surface area contributed by atoms with Gasteiger partial charge in [-0.3, -0.25) is 14.9 Å². The van der Waals surface area contributed by atoms with Gasteiger partial charge in [0.1, 0.15) is 0 Å². The highest BCUT2D eigenvalue weighted by molar-refractivity contribution is 8.18. The van der Waals surface area contributed by atoms with E-state index in [4.69, 9.17) is 11.6 Å². The normalized spacial score (nSPS) is 17.5. The monoisotopic (exact) mass is 339 g/mol. The van der Waals surface area contributed by atoms with Crippen LogP contribution in [0.4, 0.5) is 0 Å². The first-order valence-corrected chi connectivity index (χ1v) is 7.11. The number of halogens is 1. The number of hydrazone groups is 1. The molecule has 1 aliphatic rings. The van der Waals surface area contributed by atoms with Crippen LogP contribution in [0.3, 0.4) is 0 Å². The molecule has 1 aromatic rings. The van der Waals surface area contributed by atoms with E-state index in [-0.39, 0.29) is 10.1 Å². The second kappa shape index (κ2) is 7.10. The van der Waals surface area contributed by atoms with Gasteiger partial charge in [-0.1, -0.05) is 11.6 Å². The Morgan fingerprint density at radius 3 is 2.68 bits per heavy atom. The molecule has 0 saturated carbocycles. The van der Waals surface area contributed by atoms with Gasteiger partial charge in [-0.25, -0.2) is 10.2 Å². The number of amidine groups is 1. The van der Waals surface area contributed by atoms with E-state index in [1.807, 2.05) is 0 Å². The van der Waals surface area contributed by atoms with E-state index >= 15 is 0 Å². The minimum Gasteiger partial charge on any atom is -0.466 e. The molecule has 1 saturated heterocycles. The van der Waals surface area contributed by atoms with Crippen molar-refractivity contribution in [2.24, 2.45) is 5.10 Å². The minimum absolute atomic E-state index is 0.131. The van der Waals surface area contributed by atoms with E-state index in [2.05, 4.69) is 20.6 Å². The highest BCUT2D eigenvalue weighted by Crippen LogP contribution is 2.23. The van der Waals surface area contributed by atoms with Crippen LogP contribution < -0.4 is 10.7 Å². The van der Waals surface area contributed by atoms with Crippen LogP contribution in [0, 0.1) is 0 Å². The minimum atomic E-state index is -0.649. The third-order valence-electron chi connectivity index (χ3n) is 2.47. The summed E-state index contributed by atoms with van der Waals surface area (Å²) < 4.78 is 4.43. The van der Waals surface area contributed by atoms with E-state index in [0.717, 1.165) is 17.8 Å². The van der Waals surface area contributed by atoms with Crippen LogP contribution in [0.5, 0.6) is 0 Å². The highest BCUT2D eigenvalue weighted by atomic mass is 35.5. The SMILES string of the molecule is COC(=O)C=C1SC(=NNC(=O)c2ccc(Cl)cc2)NC1=O. The number of hydrogen-bond donors (Lipinski definition) is 2. The Bertz CT molecular complexity index is 685. The summed E-state index contributed by atoms with van der Waals surface area (Å²) >= 11 is 6.64. The Morgan fingerprint density at radius 1 is 1.36 bits per heavy atom. The van der Waals surface area contributed by atoms with Crippen LogP contribution in [0.1, 0.15) is 10.4 Å². The molecule has 114 valence electrons. The Kier molecular flexibility index (Phi) is 5.18. The van der Waals surface area contributed by atoms with E-state index in [1.165, 1.54) is 7.11 Å². The summed E-state index contributed by atoms with van der Waals surface area (Å²) in [5, 5.41) is 6.86. The molecule has 0 bridgehead atoms. The van der Waals surface area contributed by atoms with Crippen LogP contribution in [-0.4, -0.2) is 30.1 Å². The standard InChI is InChI=1S/C13H10ClN3O4S/c1-21-10(18)6-9-12(20)15-13(22-9)17-16-11(19)7-2-4-8(14)5-3-7/h2-6H,1H3,(H,16,19)(H,15,17,20). The first kappa shape index (κ1) is 16.1. The van der Waals surface area contributed by atoms with Crippen molar-refractivity contribution in [1.82, 2.24) is 10.7 Å². The molecule has 0 spiro atoms. The number of methoxy groups -OCH3 is 1. The quantitative estimate of drug-likeness (QED) is 0.491. The number of hydrogen-bond acceptors (Lipinski definition) is 6. The molecule has 1 fully saturated rings. The zero-order chi connectivity index (χ0) is 16.1. The summed E-state index contributed by atoms with van der Waals surface area (Å²) in [6.45, 7) is 0. The molecule has 2 amide bonds. The van der Waals surface area contributed by atoms with E-state index in [0.29, 0.717) is 10.6 Å². The zero-order valence-electron chi connectivity index (χ0n) is 11.3. The van der Waals surface area contributed by atoms with Gasteiger partial charge in [-0.05, 0) is 36.0 Å². The zero-order valence-corrected chi connectivity index (χ0v) is 12.8. The number of thioether (sulfide) groups is 1. The first-order valence-electron chi connectivity index (χ1n) is 5.92. The number of amides is 2. The van der Waals surface area contributed by atoms with Gasteiger partial charge in [0.2, 0.25) is 0 Å². The number of carbonyl (C=O) groups excluding carboxylic acids is 3. The maximum absolute atomic E-state index is 11.8. The summed E-state index contributed by atoms with van der Waals surface area (Å²) in [6, 6.07) is 6.24. The molecule has 7 nitrogen and oxygen atoms in total. The lowest BCUT2D eigenvalue weighted by Crippen LogP contribution is -2.25. The second-order valence-corrected chi connectivity index (χ2v) is 5.42. The molecule has 0 atom stereocenters. The maximum Gasteiger partial charge on any atom is 0.331 e. The molecule has 1 aliphatic heterocycles. The Labute approximate surface area is 134 Å². The molecule has 0 aliphatic carbocycles. The lowest BCUT2D eigenvalue weighted by molar-refractivity contribution is -0.135. The summed E-state index contributed by atoms with van der Waals surface area (Å²) in [5.74, 6) is -1.59. The van der Waals surface area contributed by atoms with Crippen molar-refractivity contribution in [3.8, 4) is 0 Å². The molecule has 1 aromatic carbocycles. The van der Waals surface area contributed by atoms with E-state index in [9.17, 15) is 14.4 Å². The predicted molar refractivity (Wildman–Crippen MR) is 82.2 cm³/mol. The second-order valence-electron chi connectivity index (χ2n) is 3.95. The fourth-order valence-electron chi connectivity index (χ4n) is 1.41. The molecule has 1 heterocycles. The summed E-state index contributed by atoms with van der Waals surface area (Å²) in [5.41, 5.74) is 2.66. The van der Waals surface area contributed by atoms with Crippen molar-refractivity contribution in [1.29, 1.82) is 0 Å². The van der Waals surface area contributed by atoms with Gasteiger partial charge in [0, 0.05) is 16.7 Å². The average molecular weight is 340 g/mol. The van der Waals surface area contributed by atoms with Gasteiger partial charge in [-0.2, -0.15) is 0 Å². The van der Waals surface area contributed by atoms with E-state index in [1.54, 1.807) is 24.3 Å². The lowest BCUT2D eigenvalue weighted by Gasteiger charge is -2.00. The average Bonchev–Trinajstić information content (AvgIpc) is 2.85. The smallest absolute Gasteiger partial charge is 0.331 e. The van der Waals surface area contributed by atoms with Crippen LogP contribution >= 0.6 is 23.4 Å². The van der Waals surface area contributed by atoms with Crippen molar-refractivity contribution in [3.05, 3.63) is 45.8 Å². The highest BCUT2D eigenvalue weighted by Gasteiger charge is 2.25. The van der Waals surface area contributed by atoms with Crippen LogP contribution in [0.2, 0.25) is 5.02 Å². The fraction of sp³-hybridized carbons (Fsp3) is 0.0769. The van der Waals surface area contributed by atoms with Gasteiger partial charge < -0.3 is 4.74 Å². The molecule has 0 aromatic heterocycles. The van der Waals surface area contributed by atoms with Crippen molar-refractivity contribution < 1.29 is 19.1 Å². The maximum atomic E-state index is 11.8. The third kappa shape index (κ3) is 4.09. The van der Waals surface area contributed by atoms with Crippen molar-refractivity contribution >= 4 is 46.3 Å². The molecular weight excluding hydrogens is 330 g/mol. The topological polar surface area (TPSA) is 96.9 Å². The van der Waals surface area contributed by atoms with Gasteiger partial charge in [0.05, 0.1) is 12.0 Å². The van der Waals surface area contributed by atoms with Crippen molar-refractivity contribution in [3.63, 3.8) is 0 Å². The number of esters is 1. The van der Waals surface area contributed by atoms with Crippen LogP contribution in [-0.2, 0) is 14.3 Å². The fourth-order valence-corrected chi connectivity index (χ4v) is 2.28. The summed E-state index contributed by atoms with van der Waals surface area (Å²) in [4.78, 5) is 34.6. The Morgan fingerprint density at radius 2 is 2.05 bits per heavy atom. The number of carbonyl (C=O) groups is 3. The van der Waals surface area contributed by atoms with Gasteiger partial charge in [-0.15, -0.1) is 5.10 Å². The van der Waals surface area contributed by atoms with Gasteiger partial charge in [0.25, 0.3) is 11.8 Å². The molecule has 2 N–H and O–H groups in total. The third-order valence-corrected chi connectivity index (χ3v) is 3.63. The number of ether oxygens (including phenoxy) is 1. The largest absolute Gasteiger partial charge is 0.466 e. The number of nitrogens with one attached hydrogen (secondary N) is 2. The molecule has 0 radical (unpaired) electrons. The number of nitrogens with zero attached hydrogens (tertiary/aromatic N) is 1. The van der Waals surface area contributed by atoms with Crippen molar-refractivity contribution in [2.45, 2.75) is 0 Å². The number of rotatable bonds is 3. The number of benzene rings is 1. The summed E-state index contributed by atoms with van der Waals surface area (Å²) in [7, 11) is 1.21.